The Morgan fingerprint density at radius 1 is 1.28 bits per heavy atom. The molecule has 0 unspecified atom stereocenters. The molecule has 0 fully saturated rings. The quantitative estimate of drug-likeness (QED) is 0.729. The number of amides is 1. The SMILES string of the molecule is COc1cc(NC(=O)COc2cccc(C)c2C)cc2sc(N)nc12. The normalized spacial score (nSPS) is 10.7. The fourth-order valence-corrected chi connectivity index (χ4v) is 3.26. The van der Waals surface area contributed by atoms with Gasteiger partial charge in [-0.25, -0.2) is 4.98 Å². The Morgan fingerprint density at radius 2 is 2.08 bits per heavy atom. The third kappa shape index (κ3) is 3.66. The topological polar surface area (TPSA) is 86.5 Å². The van der Waals surface area contributed by atoms with Gasteiger partial charge in [-0.2, -0.15) is 0 Å². The Labute approximate surface area is 149 Å². The van der Waals surface area contributed by atoms with Crippen molar-refractivity contribution in [3.8, 4) is 11.5 Å². The zero-order chi connectivity index (χ0) is 18.0. The van der Waals surface area contributed by atoms with Crippen molar-refractivity contribution in [1.29, 1.82) is 0 Å². The van der Waals surface area contributed by atoms with E-state index in [-0.39, 0.29) is 12.5 Å². The lowest BCUT2D eigenvalue weighted by atomic mass is 10.1. The Kier molecular flexibility index (Phi) is 4.76. The summed E-state index contributed by atoms with van der Waals surface area (Å²) in [5.41, 5.74) is 9.20. The largest absolute Gasteiger partial charge is 0.494 e. The zero-order valence-electron chi connectivity index (χ0n) is 14.3. The number of hydrogen-bond donors (Lipinski definition) is 2. The van der Waals surface area contributed by atoms with Crippen LogP contribution in [0.25, 0.3) is 10.2 Å². The molecule has 1 amide bonds. The molecule has 3 N–H and O–H groups in total. The van der Waals surface area contributed by atoms with E-state index in [2.05, 4.69) is 10.3 Å². The maximum absolute atomic E-state index is 12.2. The van der Waals surface area contributed by atoms with E-state index < -0.39 is 0 Å². The van der Waals surface area contributed by atoms with E-state index in [0.717, 1.165) is 15.8 Å². The van der Waals surface area contributed by atoms with Gasteiger partial charge >= 0.3 is 0 Å². The van der Waals surface area contributed by atoms with Gasteiger partial charge in [-0.3, -0.25) is 4.79 Å². The second-order valence-electron chi connectivity index (χ2n) is 5.61. The van der Waals surface area contributed by atoms with Gasteiger partial charge < -0.3 is 20.5 Å². The number of nitrogens with zero attached hydrogens (tertiary/aromatic N) is 1. The van der Waals surface area contributed by atoms with Crippen molar-refractivity contribution in [2.75, 3.05) is 24.8 Å². The molecule has 0 saturated carbocycles. The van der Waals surface area contributed by atoms with Crippen molar-refractivity contribution in [3.63, 3.8) is 0 Å². The first-order chi connectivity index (χ1) is 12.0. The number of nitrogens with two attached hydrogens (primary N) is 1. The van der Waals surface area contributed by atoms with Crippen LogP contribution in [0.5, 0.6) is 11.5 Å². The van der Waals surface area contributed by atoms with Crippen LogP contribution in [-0.4, -0.2) is 24.6 Å². The van der Waals surface area contributed by atoms with E-state index >= 15 is 0 Å². The monoisotopic (exact) mass is 357 g/mol. The Bertz CT molecular complexity index is 937. The summed E-state index contributed by atoms with van der Waals surface area (Å²) in [5, 5.41) is 3.27. The molecular formula is C18H19N3O3S. The number of benzene rings is 2. The highest BCUT2D eigenvalue weighted by molar-refractivity contribution is 7.22. The van der Waals surface area contributed by atoms with E-state index in [4.69, 9.17) is 15.2 Å². The second kappa shape index (κ2) is 6.98. The van der Waals surface area contributed by atoms with Crippen LogP contribution in [-0.2, 0) is 4.79 Å². The molecule has 1 aromatic heterocycles. The van der Waals surface area contributed by atoms with Crippen LogP contribution < -0.4 is 20.5 Å². The van der Waals surface area contributed by atoms with Crippen molar-refractivity contribution in [1.82, 2.24) is 4.98 Å². The number of fused-ring (bicyclic) bond motifs is 1. The summed E-state index contributed by atoms with van der Waals surface area (Å²) in [5.74, 6) is 1.02. The first-order valence-electron chi connectivity index (χ1n) is 7.71. The first-order valence-corrected chi connectivity index (χ1v) is 8.52. The molecule has 0 radical (unpaired) electrons. The van der Waals surface area contributed by atoms with Gasteiger partial charge in [-0.05, 0) is 37.1 Å². The van der Waals surface area contributed by atoms with Gasteiger partial charge in [0.15, 0.2) is 11.7 Å². The van der Waals surface area contributed by atoms with Crippen LogP contribution in [0, 0.1) is 13.8 Å². The summed E-state index contributed by atoms with van der Waals surface area (Å²) in [7, 11) is 1.56. The number of aromatic nitrogens is 1. The second-order valence-corrected chi connectivity index (χ2v) is 6.67. The van der Waals surface area contributed by atoms with Gasteiger partial charge in [-0.15, -0.1) is 0 Å². The summed E-state index contributed by atoms with van der Waals surface area (Å²) < 4.78 is 11.8. The van der Waals surface area contributed by atoms with E-state index in [1.165, 1.54) is 11.3 Å². The summed E-state index contributed by atoms with van der Waals surface area (Å²) in [6.07, 6.45) is 0. The molecule has 0 spiro atoms. The Hall–Kier alpha value is -2.80. The molecule has 0 bridgehead atoms. The third-order valence-electron chi connectivity index (χ3n) is 3.89. The fraction of sp³-hybridized carbons (Fsp3) is 0.222. The van der Waals surface area contributed by atoms with Gasteiger partial charge in [0.25, 0.3) is 5.91 Å². The van der Waals surface area contributed by atoms with Crippen molar-refractivity contribution in [2.45, 2.75) is 13.8 Å². The zero-order valence-corrected chi connectivity index (χ0v) is 15.1. The van der Waals surface area contributed by atoms with Gasteiger partial charge in [0, 0.05) is 11.8 Å². The standard InChI is InChI=1S/C18H19N3O3S/c1-10-5-4-6-13(11(10)2)24-9-16(22)20-12-7-14(23-3)17-15(8-12)25-18(19)21-17/h4-8H,9H2,1-3H3,(H2,19,21)(H,20,22). The van der Waals surface area contributed by atoms with Gasteiger partial charge in [0.1, 0.15) is 17.0 Å². The van der Waals surface area contributed by atoms with Crippen LogP contribution in [0.15, 0.2) is 30.3 Å². The van der Waals surface area contributed by atoms with Gasteiger partial charge in [-0.1, -0.05) is 23.5 Å². The molecule has 3 aromatic rings. The van der Waals surface area contributed by atoms with Crippen molar-refractivity contribution in [3.05, 3.63) is 41.5 Å². The highest BCUT2D eigenvalue weighted by atomic mass is 32.1. The molecular weight excluding hydrogens is 338 g/mol. The molecule has 1 heterocycles. The van der Waals surface area contributed by atoms with Crippen molar-refractivity contribution >= 4 is 38.3 Å². The van der Waals surface area contributed by atoms with Crippen LogP contribution in [0.2, 0.25) is 0 Å². The van der Waals surface area contributed by atoms with Gasteiger partial charge in [0.2, 0.25) is 0 Å². The number of methoxy groups -OCH3 is 1. The highest BCUT2D eigenvalue weighted by Crippen LogP contribution is 2.34. The number of rotatable bonds is 5. The molecule has 0 aliphatic carbocycles. The van der Waals surface area contributed by atoms with Crippen LogP contribution in [0.1, 0.15) is 11.1 Å². The minimum atomic E-state index is -0.250. The maximum Gasteiger partial charge on any atom is 0.262 e. The lowest BCUT2D eigenvalue weighted by Gasteiger charge is -2.11. The molecule has 0 aliphatic heterocycles. The molecule has 6 nitrogen and oxygen atoms in total. The average molecular weight is 357 g/mol. The number of ether oxygens (including phenoxy) is 2. The minimum absolute atomic E-state index is 0.0739. The van der Waals surface area contributed by atoms with E-state index in [0.29, 0.717) is 27.8 Å². The molecule has 2 aromatic carbocycles. The fourth-order valence-electron chi connectivity index (χ4n) is 2.46. The molecule has 7 heteroatoms. The number of nitrogens with one attached hydrogen (secondary N) is 1. The predicted octanol–water partition coefficient (Wildman–Crippen LogP) is 3.52. The number of anilines is 2. The number of aryl methyl sites for hydroxylation is 1. The van der Waals surface area contributed by atoms with Crippen molar-refractivity contribution in [2.24, 2.45) is 0 Å². The Morgan fingerprint density at radius 3 is 2.84 bits per heavy atom. The molecule has 0 atom stereocenters. The van der Waals surface area contributed by atoms with Crippen LogP contribution in [0.3, 0.4) is 0 Å². The summed E-state index contributed by atoms with van der Waals surface area (Å²) >= 11 is 1.34. The molecule has 130 valence electrons. The molecule has 25 heavy (non-hydrogen) atoms. The molecule has 0 saturated heterocycles. The van der Waals surface area contributed by atoms with Crippen molar-refractivity contribution < 1.29 is 14.3 Å². The Balaban J connectivity index is 1.72. The smallest absolute Gasteiger partial charge is 0.262 e. The number of nitrogen functional groups attached to an aromatic ring is 1. The van der Waals surface area contributed by atoms with E-state index in [9.17, 15) is 4.79 Å². The van der Waals surface area contributed by atoms with E-state index in [1.54, 1.807) is 13.2 Å². The number of carbonyl (C=O) groups is 1. The van der Waals surface area contributed by atoms with E-state index in [1.807, 2.05) is 38.1 Å². The summed E-state index contributed by atoms with van der Waals surface area (Å²) in [6.45, 7) is 3.90. The number of hydrogen-bond acceptors (Lipinski definition) is 6. The predicted molar refractivity (Wildman–Crippen MR) is 101 cm³/mol. The highest BCUT2D eigenvalue weighted by Gasteiger charge is 2.12. The summed E-state index contributed by atoms with van der Waals surface area (Å²) in [4.78, 5) is 16.4. The minimum Gasteiger partial charge on any atom is -0.494 e. The molecule has 3 rings (SSSR count). The maximum atomic E-state index is 12.2. The number of thiazole rings is 1. The third-order valence-corrected chi connectivity index (χ3v) is 4.73. The number of carbonyl (C=O) groups excluding carboxylic acids is 1. The van der Waals surface area contributed by atoms with Crippen LogP contribution >= 0.6 is 11.3 Å². The average Bonchev–Trinajstić information content (AvgIpc) is 2.95. The lowest BCUT2D eigenvalue weighted by Crippen LogP contribution is -2.20. The first kappa shape index (κ1) is 17.0. The molecule has 0 aliphatic rings. The summed E-state index contributed by atoms with van der Waals surface area (Å²) in [6, 6.07) is 9.30. The lowest BCUT2D eigenvalue weighted by molar-refractivity contribution is -0.118. The van der Waals surface area contributed by atoms with Gasteiger partial charge in [0.05, 0.1) is 11.8 Å². The van der Waals surface area contributed by atoms with Crippen LogP contribution in [0.4, 0.5) is 10.8 Å².